The second-order valence-electron chi connectivity index (χ2n) is 5.20. The highest BCUT2D eigenvalue weighted by Gasteiger charge is 2.22. The number of aliphatic imine (C=N–C) groups is 2. The summed E-state index contributed by atoms with van der Waals surface area (Å²) in [5, 5.41) is 22.7. The Morgan fingerprint density at radius 2 is 2.15 bits per heavy atom. The lowest BCUT2D eigenvalue weighted by Crippen LogP contribution is -2.41. The van der Waals surface area contributed by atoms with Gasteiger partial charge >= 0.3 is 0 Å². The van der Waals surface area contributed by atoms with Gasteiger partial charge in [0.1, 0.15) is 11.0 Å². The number of rotatable bonds is 8. The van der Waals surface area contributed by atoms with Crippen molar-refractivity contribution in [3.8, 4) is 0 Å². The van der Waals surface area contributed by atoms with Gasteiger partial charge in [0, 0.05) is 25.2 Å². The van der Waals surface area contributed by atoms with Crippen LogP contribution in [0.2, 0.25) is 5.15 Å². The van der Waals surface area contributed by atoms with Gasteiger partial charge in [-0.3, -0.25) is 0 Å². The monoisotopic (exact) mass is 400 g/mol. The molecule has 0 unspecified atom stereocenters. The van der Waals surface area contributed by atoms with Crippen molar-refractivity contribution >= 4 is 29.3 Å². The smallest absolute Gasteiger partial charge is 0.257 e. The number of anilines is 1. The molecular weight excluding hydrogens is 384 g/mol. The van der Waals surface area contributed by atoms with Gasteiger partial charge < -0.3 is 16.0 Å². The van der Waals surface area contributed by atoms with Crippen LogP contribution < -0.4 is 21.9 Å². The number of nitrogens with one attached hydrogen (secondary N) is 3. The number of nitro groups is 2. The van der Waals surface area contributed by atoms with E-state index < -0.39 is 10.1 Å². The van der Waals surface area contributed by atoms with Crippen LogP contribution in [0, 0.1) is 20.2 Å². The lowest BCUT2D eigenvalue weighted by molar-refractivity contribution is -0.526. The van der Waals surface area contributed by atoms with Crippen molar-refractivity contribution in [2.45, 2.75) is 6.54 Å². The topological polar surface area (TPSA) is 189 Å². The SMILES string of the molecule is NC(=NCCNc1nc(Cl)ccc1CN1CCN=C1N[N+](=O)[O-])N[N+](=O)[O-]. The van der Waals surface area contributed by atoms with E-state index in [4.69, 9.17) is 17.3 Å². The fraction of sp³-hybridized carbons (Fsp3) is 0.417. The zero-order valence-electron chi connectivity index (χ0n) is 14.0. The quantitative estimate of drug-likeness (QED) is 0.107. The first kappa shape index (κ1) is 19.9. The molecule has 0 amide bonds. The average Bonchev–Trinajstić information content (AvgIpc) is 2.99. The van der Waals surface area contributed by atoms with Crippen LogP contribution in [-0.4, -0.2) is 58.0 Å². The molecule has 0 aliphatic carbocycles. The maximum atomic E-state index is 10.6. The summed E-state index contributed by atoms with van der Waals surface area (Å²) in [6.07, 6.45) is 0. The number of hydrazine groups is 2. The molecule has 0 saturated carbocycles. The molecule has 0 radical (unpaired) electrons. The normalized spacial score (nSPS) is 13.9. The number of aromatic nitrogens is 1. The summed E-state index contributed by atoms with van der Waals surface area (Å²) in [6.45, 7) is 1.72. The minimum Gasteiger partial charge on any atom is -0.368 e. The van der Waals surface area contributed by atoms with E-state index in [1.807, 2.05) is 0 Å². The third-order valence-corrected chi connectivity index (χ3v) is 3.53. The van der Waals surface area contributed by atoms with Crippen molar-refractivity contribution in [2.75, 3.05) is 31.5 Å². The molecule has 0 saturated heterocycles. The van der Waals surface area contributed by atoms with Crippen LogP contribution in [0.25, 0.3) is 0 Å². The highest BCUT2D eigenvalue weighted by atomic mass is 35.5. The van der Waals surface area contributed by atoms with Crippen LogP contribution in [0.15, 0.2) is 22.1 Å². The van der Waals surface area contributed by atoms with E-state index in [9.17, 15) is 20.2 Å². The van der Waals surface area contributed by atoms with Crippen LogP contribution in [0.4, 0.5) is 5.82 Å². The largest absolute Gasteiger partial charge is 0.368 e. The first-order chi connectivity index (χ1) is 12.8. The van der Waals surface area contributed by atoms with Gasteiger partial charge in [0.05, 0.1) is 13.1 Å². The molecule has 27 heavy (non-hydrogen) atoms. The van der Waals surface area contributed by atoms with E-state index in [2.05, 4.69) is 25.7 Å². The molecular formula is C12H17ClN10O4. The van der Waals surface area contributed by atoms with Crippen LogP contribution in [0.5, 0.6) is 0 Å². The number of halogens is 1. The van der Waals surface area contributed by atoms with Gasteiger partial charge in [-0.25, -0.2) is 35.2 Å². The fourth-order valence-electron chi connectivity index (χ4n) is 2.25. The van der Waals surface area contributed by atoms with Gasteiger partial charge in [-0.15, -0.1) is 0 Å². The Morgan fingerprint density at radius 3 is 2.85 bits per heavy atom. The Bertz CT molecular complexity index is 771. The van der Waals surface area contributed by atoms with Crippen LogP contribution in [0.1, 0.15) is 5.56 Å². The Morgan fingerprint density at radius 1 is 1.37 bits per heavy atom. The number of guanidine groups is 2. The van der Waals surface area contributed by atoms with Crippen molar-refractivity contribution < 1.29 is 10.1 Å². The van der Waals surface area contributed by atoms with Gasteiger partial charge in [0.15, 0.2) is 10.1 Å². The number of hydrogen-bond donors (Lipinski definition) is 4. The lowest BCUT2D eigenvalue weighted by atomic mass is 10.2. The molecule has 2 rings (SSSR count). The molecule has 0 spiro atoms. The van der Waals surface area contributed by atoms with E-state index in [0.717, 1.165) is 5.56 Å². The van der Waals surface area contributed by atoms with Gasteiger partial charge in [-0.1, -0.05) is 28.5 Å². The average molecular weight is 401 g/mol. The van der Waals surface area contributed by atoms with E-state index in [1.165, 1.54) is 0 Å². The Labute approximate surface area is 157 Å². The molecule has 15 heteroatoms. The molecule has 1 aliphatic heterocycles. The Kier molecular flexibility index (Phi) is 6.87. The van der Waals surface area contributed by atoms with E-state index in [1.54, 1.807) is 22.5 Å². The highest BCUT2D eigenvalue weighted by molar-refractivity contribution is 6.29. The third-order valence-electron chi connectivity index (χ3n) is 3.32. The molecule has 5 N–H and O–H groups in total. The van der Waals surface area contributed by atoms with E-state index in [0.29, 0.717) is 25.5 Å². The van der Waals surface area contributed by atoms with Crippen LogP contribution >= 0.6 is 11.6 Å². The summed E-state index contributed by atoms with van der Waals surface area (Å²) in [7, 11) is 0. The Balaban J connectivity index is 1.99. The molecule has 0 aromatic carbocycles. The summed E-state index contributed by atoms with van der Waals surface area (Å²) >= 11 is 5.93. The predicted molar refractivity (Wildman–Crippen MR) is 97.2 cm³/mol. The number of hydrogen-bond acceptors (Lipinski definition) is 9. The zero-order valence-corrected chi connectivity index (χ0v) is 14.7. The summed E-state index contributed by atoms with van der Waals surface area (Å²) in [5.74, 6) is 0.319. The van der Waals surface area contributed by atoms with Crippen molar-refractivity contribution in [1.29, 1.82) is 0 Å². The second-order valence-corrected chi connectivity index (χ2v) is 5.59. The number of nitrogens with two attached hydrogens (primary N) is 1. The summed E-state index contributed by atoms with van der Waals surface area (Å²) in [6, 6.07) is 3.35. The van der Waals surface area contributed by atoms with E-state index >= 15 is 0 Å². The maximum absolute atomic E-state index is 10.6. The molecule has 2 heterocycles. The minimum absolute atomic E-state index is 0.152. The summed E-state index contributed by atoms with van der Waals surface area (Å²) in [4.78, 5) is 34.6. The van der Waals surface area contributed by atoms with Crippen molar-refractivity contribution in [2.24, 2.45) is 15.7 Å². The maximum Gasteiger partial charge on any atom is 0.257 e. The van der Waals surface area contributed by atoms with Crippen LogP contribution in [0.3, 0.4) is 0 Å². The van der Waals surface area contributed by atoms with Crippen LogP contribution in [-0.2, 0) is 6.54 Å². The first-order valence-corrected chi connectivity index (χ1v) is 8.03. The molecule has 1 aliphatic rings. The predicted octanol–water partition coefficient (Wildman–Crippen LogP) is -0.804. The molecule has 0 fully saturated rings. The highest BCUT2D eigenvalue weighted by Crippen LogP contribution is 2.19. The standard InChI is InChI=1S/C12H17ClN10O4/c13-9-2-1-8(7-21-6-5-17-12(21)20-23(26)27)10(18-9)15-3-4-16-11(14)19-22(24)25/h1-2H,3-7H2,(H,15,18)(H,17,20)(H3,14,16,19). The second kappa shape index (κ2) is 9.33. The van der Waals surface area contributed by atoms with Crippen molar-refractivity contribution in [3.63, 3.8) is 0 Å². The summed E-state index contributed by atoms with van der Waals surface area (Å²) < 4.78 is 0. The molecule has 1 aromatic heterocycles. The lowest BCUT2D eigenvalue weighted by Gasteiger charge is -2.20. The van der Waals surface area contributed by atoms with Gasteiger partial charge in [0.25, 0.3) is 11.9 Å². The molecule has 0 atom stereocenters. The van der Waals surface area contributed by atoms with Gasteiger partial charge in [-0.2, -0.15) is 0 Å². The fourth-order valence-corrected chi connectivity index (χ4v) is 2.40. The third kappa shape index (κ3) is 6.43. The van der Waals surface area contributed by atoms with Crippen molar-refractivity contribution in [1.82, 2.24) is 20.7 Å². The van der Waals surface area contributed by atoms with E-state index in [-0.39, 0.29) is 30.2 Å². The van der Waals surface area contributed by atoms with Gasteiger partial charge in [-0.05, 0) is 6.07 Å². The first-order valence-electron chi connectivity index (χ1n) is 7.66. The number of nitrogens with zero attached hydrogens (tertiary/aromatic N) is 6. The molecule has 0 bridgehead atoms. The number of pyridine rings is 1. The summed E-state index contributed by atoms with van der Waals surface area (Å²) in [5.41, 5.74) is 9.85. The zero-order chi connectivity index (χ0) is 19.8. The van der Waals surface area contributed by atoms with Gasteiger partial charge in [0.2, 0.25) is 0 Å². The molecule has 1 aromatic rings. The van der Waals surface area contributed by atoms with Crippen molar-refractivity contribution in [3.05, 3.63) is 43.1 Å². The molecule has 146 valence electrons. The Hall–Kier alpha value is -3.42. The molecule has 14 nitrogen and oxygen atoms in total. The minimum atomic E-state index is -0.808.